The van der Waals surface area contributed by atoms with Crippen LogP contribution in [0.3, 0.4) is 0 Å². The fraction of sp³-hybridized carbons (Fsp3) is 0. The van der Waals surface area contributed by atoms with Crippen molar-refractivity contribution in [3.8, 4) is 0 Å². The van der Waals surface area contributed by atoms with Gasteiger partial charge in [0.25, 0.3) is 5.12 Å². The molecule has 4 heteroatoms. The quantitative estimate of drug-likeness (QED) is 0.724. The smallest absolute Gasteiger partial charge is 0.251 e. The molecule has 0 aliphatic carbocycles. The third kappa shape index (κ3) is 1.44. The number of para-hydroxylation sites is 1. The number of hydrogen-bond acceptors (Lipinski definition) is 3. The minimum absolute atomic E-state index is 0.0305. The first-order valence-electron chi connectivity index (χ1n) is 3.94. The molecule has 0 bridgehead atoms. The van der Waals surface area contributed by atoms with E-state index in [-0.39, 0.29) is 11.2 Å². The molecule has 0 aliphatic heterocycles. The van der Waals surface area contributed by atoms with Crippen molar-refractivity contribution in [3.05, 3.63) is 46.3 Å². The first kappa shape index (κ1) is 9.02. The van der Waals surface area contributed by atoms with Gasteiger partial charge in [0, 0.05) is 6.07 Å². The summed E-state index contributed by atoms with van der Waals surface area (Å²) in [7, 11) is 0. The minimum Gasteiger partial charge on any atom is -0.452 e. The van der Waals surface area contributed by atoms with Gasteiger partial charge in [0.05, 0.1) is 5.39 Å². The van der Waals surface area contributed by atoms with Gasteiger partial charge in [-0.2, -0.15) is 0 Å². The SMILES string of the molecule is O=C(S)c1cc(=O)c2ccccc2o1. The van der Waals surface area contributed by atoms with Gasteiger partial charge in [-0.1, -0.05) is 24.8 Å². The Labute approximate surface area is 84.8 Å². The average Bonchev–Trinajstić information content (AvgIpc) is 2.17. The highest BCUT2D eigenvalue weighted by atomic mass is 32.1. The maximum atomic E-state index is 11.5. The minimum atomic E-state index is -0.548. The van der Waals surface area contributed by atoms with Gasteiger partial charge < -0.3 is 4.42 Å². The lowest BCUT2D eigenvalue weighted by atomic mass is 10.2. The maximum Gasteiger partial charge on any atom is 0.251 e. The Bertz CT molecular complexity index is 557. The van der Waals surface area contributed by atoms with Crippen molar-refractivity contribution in [3.63, 3.8) is 0 Å². The van der Waals surface area contributed by atoms with Gasteiger partial charge in [-0.15, -0.1) is 0 Å². The van der Waals surface area contributed by atoms with Gasteiger partial charge in [0.2, 0.25) is 0 Å². The number of fused-ring (bicyclic) bond motifs is 1. The summed E-state index contributed by atoms with van der Waals surface area (Å²) < 4.78 is 5.18. The number of thiol groups is 1. The van der Waals surface area contributed by atoms with E-state index in [0.717, 1.165) is 6.07 Å². The Kier molecular flexibility index (Phi) is 2.13. The molecule has 0 unspecified atom stereocenters. The van der Waals surface area contributed by atoms with Crippen LogP contribution in [0.25, 0.3) is 11.0 Å². The van der Waals surface area contributed by atoms with Crippen LogP contribution in [0.1, 0.15) is 10.6 Å². The molecule has 0 fully saturated rings. The summed E-state index contributed by atoms with van der Waals surface area (Å²) in [5.74, 6) is -0.0305. The fourth-order valence-electron chi connectivity index (χ4n) is 1.21. The van der Waals surface area contributed by atoms with Crippen LogP contribution in [-0.2, 0) is 0 Å². The molecule has 0 atom stereocenters. The number of hydrogen-bond donors (Lipinski definition) is 1. The lowest BCUT2D eigenvalue weighted by molar-refractivity contribution is 0.106. The Hall–Kier alpha value is -1.55. The summed E-state index contributed by atoms with van der Waals surface area (Å²) in [5, 5.41) is -0.0845. The van der Waals surface area contributed by atoms with E-state index in [1.54, 1.807) is 24.3 Å². The van der Waals surface area contributed by atoms with E-state index in [2.05, 4.69) is 12.6 Å². The van der Waals surface area contributed by atoms with Crippen molar-refractivity contribution < 1.29 is 9.21 Å². The second-order valence-corrected chi connectivity index (χ2v) is 3.18. The molecule has 3 nitrogen and oxygen atoms in total. The highest BCUT2D eigenvalue weighted by Crippen LogP contribution is 2.12. The van der Waals surface area contributed by atoms with E-state index in [1.807, 2.05) is 0 Å². The molecule has 2 aromatic rings. The van der Waals surface area contributed by atoms with Crippen molar-refractivity contribution in [2.24, 2.45) is 0 Å². The van der Waals surface area contributed by atoms with Crippen LogP contribution >= 0.6 is 12.6 Å². The van der Waals surface area contributed by atoms with Crippen molar-refractivity contribution in [1.29, 1.82) is 0 Å². The maximum absolute atomic E-state index is 11.5. The summed E-state index contributed by atoms with van der Waals surface area (Å²) in [6, 6.07) is 7.90. The molecule has 0 spiro atoms. The third-order valence-electron chi connectivity index (χ3n) is 1.85. The molecular formula is C10H6O3S. The molecule has 0 radical (unpaired) electrons. The van der Waals surface area contributed by atoms with Gasteiger partial charge in [0.15, 0.2) is 11.2 Å². The molecular weight excluding hydrogens is 200 g/mol. The zero-order chi connectivity index (χ0) is 10.1. The van der Waals surface area contributed by atoms with Crippen LogP contribution in [0.15, 0.2) is 39.5 Å². The van der Waals surface area contributed by atoms with Crippen molar-refractivity contribution in [2.45, 2.75) is 0 Å². The summed E-state index contributed by atoms with van der Waals surface area (Å²) in [6.07, 6.45) is 0. The topological polar surface area (TPSA) is 47.3 Å². The summed E-state index contributed by atoms with van der Waals surface area (Å²) >= 11 is 3.59. The van der Waals surface area contributed by atoms with Crippen molar-refractivity contribution in [2.75, 3.05) is 0 Å². The van der Waals surface area contributed by atoms with Gasteiger partial charge in [-0.25, -0.2) is 0 Å². The Balaban J connectivity index is 2.86. The molecule has 0 N–H and O–H groups in total. The summed E-state index contributed by atoms with van der Waals surface area (Å²) in [4.78, 5) is 22.3. The molecule has 1 aromatic carbocycles. The van der Waals surface area contributed by atoms with E-state index < -0.39 is 5.12 Å². The van der Waals surface area contributed by atoms with Gasteiger partial charge in [0.1, 0.15) is 5.58 Å². The number of benzene rings is 1. The van der Waals surface area contributed by atoms with Crippen molar-refractivity contribution in [1.82, 2.24) is 0 Å². The van der Waals surface area contributed by atoms with Gasteiger partial charge in [-0.3, -0.25) is 9.59 Å². The zero-order valence-corrected chi connectivity index (χ0v) is 7.95. The largest absolute Gasteiger partial charge is 0.452 e. The standard InChI is InChI=1S/C10H6O3S/c11-7-5-9(10(12)14)13-8-4-2-1-3-6(7)8/h1-5H,(H,12,14). The highest BCUT2D eigenvalue weighted by Gasteiger charge is 2.07. The third-order valence-corrected chi connectivity index (χ3v) is 2.07. The van der Waals surface area contributed by atoms with Crippen LogP contribution in [0.4, 0.5) is 0 Å². The molecule has 0 aliphatic rings. The van der Waals surface area contributed by atoms with E-state index >= 15 is 0 Å². The Morgan fingerprint density at radius 3 is 2.71 bits per heavy atom. The van der Waals surface area contributed by atoms with Crippen molar-refractivity contribution >= 4 is 28.7 Å². The van der Waals surface area contributed by atoms with Crippen LogP contribution in [0, 0.1) is 0 Å². The molecule has 14 heavy (non-hydrogen) atoms. The normalized spacial score (nSPS) is 10.4. The predicted octanol–water partition coefficient (Wildman–Crippen LogP) is 1.86. The van der Waals surface area contributed by atoms with Gasteiger partial charge in [-0.05, 0) is 12.1 Å². The average molecular weight is 206 g/mol. The van der Waals surface area contributed by atoms with E-state index in [0.29, 0.717) is 11.0 Å². The lowest BCUT2D eigenvalue weighted by Gasteiger charge is -1.97. The number of rotatable bonds is 1. The molecule has 70 valence electrons. The second kappa shape index (κ2) is 3.31. The van der Waals surface area contributed by atoms with Crippen LogP contribution in [0.2, 0.25) is 0 Å². The molecule has 0 saturated heterocycles. The second-order valence-electron chi connectivity index (χ2n) is 2.78. The predicted molar refractivity (Wildman–Crippen MR) is 55.8 cm³/mol. The Morgan fingerprint density at radius 1 is 1.29 bits per heavy atom. The van der Waals surface area contributed by atoms with Crippen LogP contribution in [-0.4, -0.2) is 5.12 Å². The summed E-state index contributed by atoms with van der Waals surface area (Å²) in [5.41, 5.74) is 0.168. The number of carbonyl (C=O) groups is 1. The van der Waals surface area contributed by atoms with Crippen LogP contribution in [0.5, 0.6) is 0 Å². The molecule has 2 rings (SSSR count). The first-order chi connectivity index (χ1) is 6.68. The first-order valence-corrected chi connectivity index (χ1v) is 4.39. The van der Waals surface area contributed by atoms with E-state index in [4.69, 9.17) is 4.42 Å². The van der Waals surface area contributed by atoms with Crippen LogP contribution < -0.4 is 5.43 Å². The summed E-state index contributed by atoms with van der Waals surface area (Å²) in [6.45, 7) is 0. The van der Waals surface area contributed by atoms with Gasteiger partial charge >= 0.3 is 0 Å². The fourth-order valence-corrected chi connectivity index (χ4v) is 1.32. The lowest BCUT2D eigenvalue weighted by Crippen LogP contribution is -2.03. The zero-order valence-electron chi connectivity index (χ0n) is 7.06. The molecule has 0 saturated carbocycles. The number of carbonyl (C=O) groups excluding carboxylic acids is 1. The van der Waals surface area contributed by atoms with E-state index in [9.17, 15) is 9.59 Å². The monoisotopic (exact) mass is 206 g/mol. The molecule has 1 heterocycles. The highest BCUT2D eigenvalue weighted by molar-refractivity contribution is 7.97. The molecule has 1 aromatic heterocycles. The molecule has 0 amide bonds. The van der Waals surface area contributed by atoms with E-state index in [1.165, 1.54) is 0 Å². The Morgan fingerprint density at radius 2 is 2.00 bits per heavy atom.